The Bertz CT molecular complexity index is 593. The summed E-state index contributed by atoms with van der Waals surface area (Å²) >= 11 is 0. The van der Waals surface area contributed by atoms with Crippen LogP contribution in [-0.2, 0) is 22.4 Å². The number of rotatable bonds is 10. The number of carbonyl (C=O) groups excluding carboxylic acids is 1. The summed E-state index contributed by atoms with van der Waals surface area (Å²) in [6, 6.07) is 18.9. The molecular weight excluding hydrogens is 298 g/mol. The van der Waals surface area contributed by atoms with Crippen molar-refractivity contribution >= 4 is 11.7 Å². The number of hydrogen-bond acceptors (Lipinski definition) is 3. The summed E-state index contributed by atoms with van der Waals surface area (Å²) in [6.45, 7) is 3.26. The maximum atomic E-state index is 11.4. The average molecular weight is 325 g/mol. The van der Waals surface area contributed by atoms with Gasteiger partial charge in [-0.15, -0.1) is 0 Å². The van der Waals surface area contributed by atoms with Crippen molar-refractivity contribution < 1.29 is 9.53 Å². The Morgan fingerprint density at radius 3 is 2.33 bits per heavy atom. The van der Waals surface area contributed by atoms with Crippen molar-refractivity contribution in [1.82, 2.24) is 0 Å². The fourth-order valence-electron chi connectivity index (χ4n) is 2.60. The minimum atomic E-state index is -0.127. The highest BCUT2D eigenvalue weighted by Gasteiger charge is 2.02. The first-order valence-corrected chi connectivity index (χ1v) is 8.80. The molecule has 3 nitrogen and oxygen atoms in total. The van der Waals surface area contributed by atoms with Crippen LogP contribution in [0.4, 0.5) is 5.69 Å². The fourth-order valence-corrected chi connectivity index (χ4v) is 2.60. The van der Waals surface area contributed by atoms with E-state index in [4.69, 9.17) is 4.74 Å². The molecule has 0 aliphatic carbocycles. The highest BCUT2D eigenvalue weighted by atomic mass is 16.5. The lowest BCUT2D eigenvalue weighted by Gasteiger charge is -2.08. The van der Waals surface area contributed by atoms with E-state index in [0.29, 0.717) is 13.0 Å². The molecule has 24 heavy (non-hydrogen) atoms. The second-order valence-corrected chi connectivity index (χ2v) is 5.87. The molecule has 128 valence electrons. The van der Waals surface area contributed by atoms with Gasteiger partial charge in [-0.3, -0.25) is 4.79 Å². The van der Waals surface area contributed by atoms with Crippen LogP contribution < -0.4 is 5.32 Å². The van der Waals surface area contributed by atoms with Crippen molar-refractivity contribution in [3.63, 3.8) is 0 Å². The van der Waals surface area contributed by atoms with E-state index in [1.807, 2.05) is 6.92 Å². The third kappa shape index (κ3) is 6.86. The SMILES string of the molecule is CCOC(=O)CCc1ccc(NCCCCc2ccccc2)cc1. The summed E-state index contributed by atoms with van der Waals surface area (Å²) in [5.74, 6) is -0.127. The predicted octanol–water partition coefficient (Wildman–Crippen LogP) is 4.62. The summed E-state index contributed by atoms with van der Waals surface area (Å²) in [4.78, 5) is 11.4. The molecular formula is C21H27NO2. The van der Waals surface area contributed by atoms with Gasteiger partial charge in [0.05, 0.1) is 6.61 Å². The molecule has 0 fully saturated rings. The molecule has 0 heterocycles. The number of unbranched alkanes of at least 4 members (excludes halogenated alkanes) is 1. The van der Waals surface area contributed by atoms with Gasteiger partial charge >= 0.3 is 5.97 Å². The van der Waals surface area contributed by atoms with Gasteiger partial charge in [0.15, 0.2) is 0 Å². The fraction of sp³-hybridized carbons (Fsp3) is 0.381. The second kappa shape index (κ2) is 10.5. The van der Waals surface area contributed by atoms with Crippen LogP contribution in [-0.4, -0.2) is 19.1 Å². The van der Waals surface area contributed by atoms with E-state index in [1.54, 1.807) is 0 Å². The summed E-state index contributed by atoms with van der Waals surface area (Å²) in [6.07, 6.45) is 4.65. The Balaban J connectivity index is 1.62. The Morgan fingerprint density at radius 1 is 0.917 bits per heavy atom. The average Bonchev–Trinajstić information content (AvgIpc) is 2.62. The van der Waals surface area contributed by atoms with Crippen LogP contribution in [0.3, 0.4) is 0 Å². The Labute approximate surface area is 145 Å². The largest absolute Gasteiger partial charge is 0.466 e. The molecule has 0 radical (unpaired) electrons. The summed E-state index contributed by atoms with van der Waals surface area (Å²) < 4.78 is 4.94. The van der Waals surface area contributed by atoms with Crippen molar-refractivity contribution in [2.24, 2.45) is 0 Å². The molecule has 1 N–H and O–H groups in total. The summed E-state index contributed by atoms with van der Waals surface area (Å²) in [5, 5.41) is 3.45. The molecule has 0 aliphatic heterocycles. The lowest BCUT2D eigenvalue weighted by Crippen LogP contribution is -2.05. The van der Waals surface area contributed by atoms with Gasteiger partial charge in [0.1, 0.15) is 0 Å². The highest BCUT2D eigenvalue weighted by Crippen LogP contribution is 2.12. The van der Waals surface area contributed by atoms with Gasteiger partial charge < -0.3 is 10.1 Å². The third-order valence-corrected chi connectivity index (χ3v) is 3.94. The summed E-state index contributed by atoms with van der Waals surface area (Å²) in [7, 11) is 0. The van der Waals surface area contributed by atoms with Gasteiger partial charge in [-0.25, -0.2) is 0 Å². The maximum Gasteiger partial charge on any atom is 0.306 e. The number of benzene rings is 2. The van der Waals surface area contributed by atoms with Gasteiger partial charge in [-0.1, -0.05) is 42.5 Å². The second-order valence-electron chi connectivity index (χ2n) is 5.87. The number of nitrogens with one attached hydrogen (secondary N) is 1. The van der Waals surface area contributed by atoms with E-state index in [0.717, 1.165) is 37.1 Å². The third-order valence-electron chi connectivity index (χ3n) is 3.94. The normalized spacial score (nSPS) is 10.4. The first-order valence-electron chi connectivity index (χ1n) is 8.80. The number of ether oxygens (including phenoxy) is 1. The zero-order valence-corrected chi connectivity index (χ0v) is 14.5. The van der Waals surface area contributed by atoms with Crippen molar-refractivity contribution in [2.45, 2.75) is 39.0 Å². The molecule has 0 saturated carbocycles. The Kier molecular flexibility index (Phi) is 7.88. The zero-order chi connectivity index (χ0) is 17.0. The molecule has 0 saturated heterocycles. The van der Waals surface area contributed by atoms with E-state index in [-0.39, 0.29) is 5.97 Å². The van der Waals surface area contributed by atoms with Crippen LogP contribution in [0, 0.1) is 0 Å². The van der Waals surface area contributed by atoms with Crippen molar-refractivity contribution in [3.8, 4) is 0 Å². The van der Waals surface area contributed by atoms with E-state index < -0.39 is 0 Å². The minimum absolute atomic E-state index is 0.127. The predicted molar refractivity (Wildman–Crippen MR) is 99.3 cm³/mol. The molecule has 0 aliphatic rings. The number of hydrogen-bond donors (Lipinski definition) is 1. The van der Waals surface area contributed by atoms with E-state index in [2.05, 4.69) is 59.9 Å². The van der Waals surface area contributed by atoms with E-state index >= 15 is 0 Å². The first kappa shape index (κ1) is 18.1. The van der Waals surface area contributed by atoms with Gasteiger partial charge in [0, 0.05) is 18.7 Å². The molecule has 0 atom stereocenters. The quantitative estimate of drug-likeness (QED) is 0.512. The number of esters is 1. The molecule has 0 unspecified atom stereocenters. The molecule has 0 spiro atoms. The van der Waals surface area contributed by atoms with Crippen LogP contribution >= 0.6 is 0 Å². The van der Waals surface area contributed by atoms with Gasteiger partial charge in [-0.05, 0) is 55.9 Å². The number of anilines is 1. The topological polar surface area (TPSA) is 38.3 Å². The molecule has 3 heteroatoms. The van der Waals surface area contributed by atoms with Crippen LogP contribution in [0.1, 0.15) is 37.3 Å². The lowest BCUT2D eigenvalue weighted by molar-refractivity contribution is -0.143. The molecule has 2 aromatic rings. The van der Waals surface area contributed by atoms with Crippen molar-refractivity contribution in [1.29, 1.82) is 0 Å². The van der Waals surface area contributed by atoms with Crippen LogP contribution in [0.15, 0.2) is 54.6 Å². The molecule has 2 rings (SSSR count). The minimum Gasteiger partial charge on any atom is -0.466 e. The Hall–Kier alpha value is -2.29. The summed E-state index contributed by atoms with van der Waals surface area (Å²) in [5.41, 5.74) is 3.70. The van der Waals surface area contributed by atoms with Gasteiger partial charge in [0.2, 0.25) is 0 Å². The lowest BCUT2D eigenvalue weighted by atomic mass is 10.1. The molecule has 0 aromatic heterocycles. The zero-order valence-electron chi connectivity index (χ0n) is 14.5. The molecule has 0 amide bonds. The van der Waals surface area contributed by atoms with Crippen LogP contribution in [0.25, 0.3) is 0 Å². The molecule has 0 bridgehead atoms. The first-order chi connectivity index (χ1) is 11.8. The van der Waals surface area contributed by atoms with Crippen molar-refractivity contribution in [2.75, 3.05) is 18.5 Å². The van der Waals surface area contributed by atoms with Crippen LogP contribution in [0.5, 0.6) is 0 Å². The maximum absolute atomic E-state index is 11.4. The highest BCUT2D eigenvalue weighted by molar-refractivity contribution is 5.69. The number of aryl methyl sites for hydroxylation is 2. The van der Waals surface area contributed by atoms with Crippen LogP contribution in [0.2, 0.25) is 0 Å². The number of carbonyl (C=O) groups is 1. The van der Waals surface area contributed by atoms with E-state index in [1.165, 1.54) is 12.0 Å². The smallest absolute Gasteiger partial charge is 0.306 e. The van der Waals surface area contributed by atoms with Gasteiger partial charge in [0.25, 0.3) is 0 Å². The van der Waals surface area contributed by atoms with Crippen molar-refractivity contribution in [3.05, 3.63) is 65.7 Å². The molecule has 2 aromatic carbocycles. The monoisotopic (exact) mass is 325 g/mol. The van der Waals surface area contributed by atoms with E-state index in [9.17, 15) is 4.79 Å². The Morgan fingerprint density at radius 2 is 1.62 bits per heavy atom. The standard InChI is InChI=1S/C21H27NO2/c1-2-24-21(23)16-13-19-11-14-20(15-12-19)22-17-7-6-10-18-8-4-3-5-9-18/h3-5,8-9,11-12,14-15,22H,2,6-7,10,13,16-17H2,1H3. The van der Waals surface area contributed by atoms with Gasteiger partial charge in [-0.2, -0.15) is 0 Å².